The van der Waals surface area contributed by atoms with Gasteiger partial charge in [0.25, 0.3) is 0 Å². The highest BCUT2D eigenvalue weighted by atomic mass is 35.5. The molecule has 0 unspecified atom stereocenters. The second-order valence-electron chi connectivity index (χ2n) is 7.20. The van der Waals surface area contributed by atoms with Gasteiger partial charge in [0.05, 0.1) is 11.4 Å². The van der Waals surface area contributed by atoms with Crippen molar-refractivity contribution in [1.82, 2.24) is 14.8 Å². The molecule has 0 spiro atoms. The zero-order valence-corrected chi connectivity index (χ0v) is 18.2. The number of hydrogen-bond donors (Lipinski definition) is 1. The van der Waals surface area contributed by atoms with E-state index in [9.17, 15) is 4.79 Å². The van der Waals surface area contributed by atoms with E-state index in [2.05, 4.69) is 20.4 Å². The van der Waals surface area contributed by atoms with Crippen molar-refractivity contribution in [3.63, 3.8) is 0 Å². The molecule has 0 aliphatic carbocycles. The van der Waals surface area contributed by atoms with Crippen molar-refractivity contribution in [3.05, 3.63) is 47.5 Å². The first-order valence-corrected chi connectivity index (χ1v) is 11.3. The Bertz CT molecular complexity index is 1120. The van der Waals surface area contributed by atoms with E-state index in [-0.39, 0.29) is 18.5 Å². The molecule has 5 rings (SSSR count). The standard InChI is InChI=1S/C21H20ClN5O3S/c22-14-4-3-5-16(10-14)27-20(26-8-1-2-9-26)24-25-21(27)31-12-19(28)23-15-6-7-17-18(11-15)30-13-29-17/h3-7,10-11H,1-2,8-9,12-13H2,(H,23,28). The molecule has 2 aliphatic heterocycles. The van der Waals surface area contributed by atoms with Crippen molar-refractivity contribution in [2.45, 2.75) is 18.0 Å². The van der Waals surface area contributed by atoms with Crippen LogP contribution in [0.1, 0.15) is 12.8 Å². The molecule has 2 aromatic carbocycles. The number of fused-ring (bicyclic) bond motifs is 1. The lowest BCUT2D eigenvalue weighted by atomic mass is 10.3. The summed E-state index contributed by atoms with van der Waals surface area (Å²) in [4.78, 5) is 14.8. The van der Waals surface area contributed by atoms with Crippen LogP contribution in [-0.2, 0) is 4.79 Å². The number of carbonyl (C=O) groups is 1. The van der Waals surface area contributed by atoms with Gasteiger partial charge < -0.3 is 19.7 Å². The summed E-state index contributed by atoms with van der Waals surface area (Å²) >= 11 is 7.56. The number of rotatable bonds is 6. The predicted molar refractivity (Wildman–Crippen MR) is 120 cm³/mol. The third kappa shape index (κ3) is 4.28. The second-order valence-corrected chi connectivity index (χ2v) is 8.58. The third-order valence-corrected chi connectivity index (χ3v) is 6.22. The van der Waals surface area contributed by atoms with Crippen molar-refractivity contribution >= 4 is 40.9 Å². The number of anilines is 2. The Morgan fingerprint density at radius 2 is 1.94 bits per heavy atom. The Morgan fingerprint density at radius 3 is 2.77 bits per heavy atom. The number of benzene rings is 2. The molecule has 0 atom stereocenters. The first-order chi connectivity index (χ1) is 15.2. The molecule has 8 nitrogen and oxygen atoms in total. The lowest BCUT2D eigenvalue weighted by molar-refractivity contribution is -0.113. The number of hydrogen-bond acceptors (Lipinski definition) is 7. The molecule has 1 N–H and O–H groups in total. The van der Waals surface area contributed by atoms with Crippen LogP contribution in [0, 0.1) is 0 Å². The maximum absolute atomic E-state index is 12.6. The predicted octanol–water partition coefficient (Wildman–Crippen LogP) is 3.98. The van der Waals surface area contributed by atoms with E-state index in [1.54, 1.807) is 18.2 Å². The SMILES string of the molecule is O=C(CSc1nnc(N2CCCC2)n1-c1cccc(Cl)c1)Nc1ccc2c(c1)OCO2. The molecule has 0 radical (unpaired) electrons. The van der Waals surface area contributed by atoms with Crippen LogP contribution in [0.5, 0.6) is 11.5 Å². The van der Waals surface area contributed by atoms with Crippen LogP contribution in [0.15, 0.2) is 47.6 Å². The second kappa shape index (κ2) is 8.68. The highest BCUT2D eigenvalue weighted by Crippen LogP contribution is 2.34. The summed E-state index contributed by atoms with van der Waals surface area (Å²) in [5, 5.41) is 13.0. The molecule has 0 bridgehead atoms. The molecule has 31 heavy (non-hydrogen) atoms. The molecule has 0 saturated carbocycles. The van der Waals surface area contributed by atoms with E-state index in [0.29, 0.717) is 27.4 Å². The van der Waals surface area contributed by atoms with Crippen LogP contribution in [0.25, 0.3) is 5.69 Å². The van der Waals surface area contributed by atoms with Crippen molar-refractivity contribution in [2.24, 2.45) is 0 Å². The summed E-state index contributed by atoms with van der Waals surface area (Å²) in [6.07, 6.45) is 2.26. The molecule has 3 aromatic rings. The summed E-state index contributed by atoms with van der Waals surface area (Å²) in [5.41, 5.74) is 1.53. The van der Waals surface area contributed by atoms with Crippen LogP contribution >= 0.6 is 23.4 Å². The van der Waals surface area contributed by atoms with Gasteiger partial charge in [-0.15, -0.1) is 10.2 Å². The number of thioether (sulfide) groups is 1. The van der Waals surface area contributed by atoms with Gasteiger partial charge in [-0.25, -0.2) is 0 Å². The van der Waals surface area contributed by atoms with E-state index in [4.69, 9.17) is 21.1 Å². The fraction of sp³-hybridized carbons (Fsp3) is 0.286. The zero-order valence-electron chi connectivity index (χ0n) is 16.6. The molecular weight excluding hydrogens is 438 g/mol. The van der Waals surface area contributed by atoms with Crippen LogP contribution in [0.2, 0.25) is 5.02 Å². The number of nitrogens with one attached hydrogen (secondary N) is 1. The van der Waals surface area contributed by atoms with E-state index >= 15 is 0 Å². The summed E-state index contributed by atoms with van der Waals surface area (Å²) in [7, 11) is 0. The summed E-state index contributed by atoms with van der Waals surface area (Å²) in [5.74, 6) is 2.12. The van der Waals surface area contributed by atoms with Crippen molar-refractivity contribution < 1.29 is 14.3 Å². The summed E-state index contributed by atoms with van der Waals surface area (Å²) in [6.45, 7) is 2.07. The van der Waals surface area contributed by atoms with E-state index in [1.807, 2.05) is 28.8 Å². The fourth-order valence-corrected chi connectivity index (χ4v) is 4.55. The van der Waals surface area contributed by atoms with Gasteiger partial charge >= 0.3 is 0 Å². The van der Waals surface area contributed by atoms with Crippen molar-refractivity contribution in [2.75, 3.05) is 35.9 Å². The topological polar surface area (TPSA) is 81.5 Å². The minimum absolute atomic E-state index is 0.146. The lowest BCUT2D eigenvalue weighted by Crippen LogP contribution is -2.22. The number of halogens is 1. The molecule has 160 valence electrons. The number of ether oxygens (including phenoxy) is 2. The van der Waals surface area contributed by atoms with Gasteiger partial charge in [0.2, 0.25) is 18.6 Å². The quantitative estimate of drug-likeness (QED) is 0.560. The number of nitrogens with zero attached hydrogens (tertiary/aromatic N) is 4. The molecule has 1 amide bonds. The van der Waals surface area contributed by atoms with Crippen LogP contribution in [0.4, 0.5) is 11.6 Å². The number of aromatic nitrogens is 3. The van der Waals surface area contributed by atoms with Crippen molar-refractivity contribution in [3.8, 4) is 17.2 Å². The molecule has 1 fully saturated rings. The highest BCUT2D eigenvalue weighted by Gasteiger charge is 2.23. The average molecular weight is 458 g/mol. The Hall–Kier alpha value is -2.91. The van der Waals surface area contributed by atoms with Gasteiger partial charge in [-0.1, -0.05) is 29.4 Å². The normalized spacial score (nSPS) is 14.8. The van der Waals surface area contributed by atoms with E-state index in [0.717, 1.165) is 37.6 Å². The van der Waals surface area contributed by atoms with Crippen LogP contribution in [-0.4, -0.2) is 46.3 Å². The Balaban J connectivity index is 1.33. The van der Waals surface area contributed by atoms with Gasteiger partial charge in [-0.05, 0) is 43.2 Å². The smallest absolute Gasteiger partial charge is 0.234 e. The fourth-order valence-electron chi connectivity index (χ4n) is 3.62. The first-order valence-electron chi connectivity index (χ1n) is 9.96. The maximum atomic E-state index is 12.6. The minimum atomic E-state index is -0.146. The molecular formula is C21H20ClN5O3S. The molecule has 1 saturated heterocycles. The maximum Gasteiger partial charge on any atom is 0.234 e. The van der Waals surface area contributed by atoms with Gasteiger partial charge in [0, 0.05) is 29.9 Å². The number of amides is 1. The lowest BCUT2D eigenvalue weighted by Gasteiger charge is -2.18. The van der Waals surface area contributed by atoms with Crippen LogP contribution < -0.4 is 19.7 Å². The molecule has 10 heteroatoms. The van der Waals surface area contributed by atoms with Gasteiger partial charge in [0.15, 0.2) is 16.7 Å². The molecule has 1 aromatic heterocycles. The van der Waals surface area contributed by atoms with Gasteiger partial charge in [-0.2, -0.15) is 0 Å². The molecule has 3 heterocycles. The van der Waals surface area contributed by atoms with E-state index < -0.39 is 0 Å². The monoisotopic (exact) mass is 457 g/mol. The summed E-state index contributed by atoms with van der Waals surface area (Å²) in [6, 6.07) is 12.9. The summed E-state index contributed by atoms with van der Waals surface area (Å²) < 4.78 is 12.6. The highest BCUT2D eigenvalue weighted by molar-refractivity contribution is 7.99. The Labute approximate surface area is 188 Å². The average Bonchev–Trinajstić information content (AvgIpc) is 3.51. The van der Waals surface area contributed by atoms with Crippen LogP contribution in [0.3, 0.4) is 0 Å². The Morgan fingerprint density at radius 1 is 1.10 bits per heavy atom. The minimum Gasteiger partial charge on any atom is -0.454 e. The van der Waals surface area contributed by atoms with E-state index in [1.165, 1.54) is 11.8 Å². The third-order valence-electron chi connectivity index (χ3n) is 5.06. The largest absolute Gasteiger partial charge is 0.454 e. The number of carbonyl (C=O) groups excluding carboxylic acids is 1. The molecule has 2 aliphatic rings. The van der Waals surface area contributed by atoms with Crippen molar-refractivity contribution in [1.29, 1.82) is 0 Å². The Kier molecular flexibility index (Phi) is 5.61. The zero-order chi connectivity index (χ0) is 21.2. The van der Waals surface area contributed by atoms with Gasteiger partial charge in [-0.3, -0.25) is 9.36 Å². The first kappa shape index (κ1) is 20.0. The van der Waals surface area contributed by atoms with Gasteiger partial charge in [0.1, 0.15) is 0 Å².